The Bertz CT molecular complexity index is 1110. The van der Waals surface area contributed by atoms with E-state index in [1.807, 2.05) is 6.92 Å². The van der Waals surface area contributed by atoms with Crippen LogP contribution in [0.4, 0.5) is 14.9 Å². The minimum atomic E-state index is -1.71. The molecule has 3 atom stereocenters. The van der Waals surface area contributed by atoms with Gasteiger partial charge in [0, 0.05) is 25.5 Å². The van der Waals surface area contributed by atoms with Gasteiger partial charge in [-0.3, -0.25) is 20.2 Å². The average molecular weight is 432 g/mol. The first-order chi connectivity index (χ1) is 14.8. The summed E-state index contributed by atoms with van der Waals surface area (Å²) in [5, 5.41) is 8.74. The molecule has 4 heterocycles. The van der Waals surface area contributed by atoms with Gasteiger partial charge in [-0.25, -0.2) is 9.18 Å². The van der Waals surface area contributed by atoms with Crippen LogP contribution in [-0.4, -0.2) is 61.5 Å². The average Bonchev–Trinajstić information content (AvgIpc) is 3.06. The largest absolute Gasteiger partial charge is 0.382 e. The second kappa shape index (κ2) is 6.72. The molecule has 3 aliphatic rings. The molecule has 10 nitrogen and oxygen atoms in total. The van der Waals surface area contributed by atoms with Crippen LogP contribution in [-0.2, 0) is 25.5 Å². The van der Waals surface area contributed by atoms with E-state index < -0.39 is 41.2 Å². The van der Waals surface area contributed by atoms with E-state index in [1.165, 1.54) is 7.11 Å². The number of urea groups is 1. The van der Waals surface area contributed by atoms with Gasteiger partial charge < -0.3 is 18.9 Å². The molecule has 4 amide bonds. The predicted molar refractivity (Wildman–Crippen MR) is 104 cm³/mol. The third kappa shape index (κ3) is 2.62. The number of nitrogens with one attached hydrogen (secondary N) is 2. The first-order valence-corrected chi connectivity index (χ1v) is 9.93. The number of morpholine rings is 1. The van der Waals surface area contributed by atoms with Crippen LogP contribution in [0.15, 0.2) is 10.6 Å². The van der Waals surface area contributed by atoms with Crippen LogP contribution < -0.4 is 15.5 Å². The summed E-state index contributed by atoms with van der Waals surface area (Å²) in [6.07, 6.45) is -1.18. The molecule has 2 aromatic rings. The van der Waals surface area contributed by atoms with Gasteiger partial charge in [0.25, 0.3) is 0 Å². The van der Waals surface area contributed by atoms with Gasteiger partial charge in [0.05, 0.1) is 30.1 Å². The highest BCUT2D eigenvalue weighted by molar-refractivity contribution is 6.20. The van der Waals surface area contributed by atoms with Crippen molar-refractivity contribution >= 4 is 34.5 Å². The maximum absolute atomic E-state index is 15.7. The fourth-order valence-electron chi connectivity index (χ4n) is 5.15. The van der Waals surface area contributed by atoms with Crippen LogP contribution in [0.2, 0.25) is 0 Å². The fraction of sp³-hybridized carbons (Fsp3) is 0.500. The number of carbonyl (C=O) groups excluding carboxylic acids is 3. The zero-order valence-electron chi connectivity index (χ0n) is 17.2. The molecule has 0 radical (unpaired) electrons. The van der Waals surface area contributed by atoms with Gasteiger partial charge in [0.1, 0.15) is 6.10 Å². The molecule has 2 saturated heterocycles. The lowest BCUT2D eigenvalue weighted by molar-refractivity contribution is -0.157. The Morgan fingerprint density at radius 3 is 2.71 bits per heavy atom. The zero-order chi connectivity index (χ0) is 22.1. The molecule has 0 saturated carbocycles. The van der Waals surface area contributed by atoms with Gasteiger partial charge in [0.15, 0.2) is 11.2 Å². The van der Waals surface area contributed by atoms with E-state index in [0.29, 0.717) is 16.6 Å². The van der Waals surface area contributed by atoms with E-state index in [2.05, 4.69) is 15.8 Å². The van der Waals surface area contributed by atoms with Crippen molar-refractivity contribution < 1.29 is 32.8 Å². The standard InChI is InChI=1S/C20H21FN4O6/c1-8-6-25-14-10(4-11-9(2)24-31-15(11)13(14)21)5-20(16(25)12(30-8)7-29-3)17(26)22-19(28)23-18(20)27/h4,8,12,16H,5-7H2,1-3H3,(H2,22,23,26,27,28)/t8-,12+,16-/m0/s1. The second-order valence-electron chi connectivity index (χ2n) is 8.27. The topological polar surface area (TPSA) is 123 Å². The molecule has 1 aromatic heterocycles. The molecule has 0 bridgehead atoms. The van der Waals surface area contributed by atoms with Crippen molar-refractivity contribution in [2.75, 3.05) is 25.2 Å². The van der Waals surface area contributed by atoms with E-state index >= 15 is 4.39 Å². The van der Waals surface area contributed by atoms with Crippen molar-refractivity contribution in [2.24, 2.45) is 5.41 Å². The fourth-order valence-corrected chi connectivity index (χ4v) is 5.15. The van der Waals surface area contributed by atoms with Crippen molar-refractivity contribution in [1.29, 1.82) is 0 Å². The molecule has 5 rings (SSSR count). The summed E-state index contributed by atoms with van der Waals surface area (Å²) in [6, 6.07) is -0.0944. The van der Waals surface area contributed by atoms with E-state index in [0.717, 1.165) is 0 Å². The molecule has 1 spiro atoms. The number of anilines is 1. The van der Waals surface area contributed by atoms with E-state index in [4.69, 9.17) is 14.0 Å². The number of ether oxygens (including phenoxy) is 2. The minimum absolute atomic E-state index is 0.0149. The Morgan fingerprint density at radius 1 is 1.32 bits per heavy atom. The summed E-state index contributed by atoms with van der Waals surface area (Å²) in [5.41, 5.74) is -0.505. The molecular weight excluding hydrogens is 411 g/mol. The molecule has 2 N–H and O–H groups in total. The number of barbiturate groups is 1. The van der Waals surface area contributed by atoms with E-state index in [-0.39, 0.29) is 36.9 Å². The van der Waals surface area contributed by atoms with Gasteiger partial charge in [-0.2, -0.15) is 0 Å². The number of fused-ring (bicyclic) bond motifs is 5. The number of carbonyl (C=O) groups is 3. The Hall–Kier alpha value is -3.05. The molecule has 1 aromatic carbocycles. The van der Waals surface area contributed by atoms with Crippen LogP contribution in [0.5, 0.6) is 0 Å². The summed E-state index contributed by atoms with van der Waals surface area (Å²) in [7, 11) is 1.47. The molecule has 0 unspecified atom stereocenters. The molecule has 11 heteroatoms. The summed E-state index contributed by atoms with van der Waals surface area (Å²) in [5.74, 6) is -2.10. The van der Waals surface area contributed by atoms with Gasteiger partial charge in [-0.15, -0.1) is 0 Å². The van der Waals surface area contributed by atoms with Gasteiger partial charge in [-0.1, -0.05) is 5.16 Å². The Morgan fingerprint density at radius 2 is 2.03 bits per heavy atom. The summed E-state index contributed by atoms with van der Waals surface area (Å²) < 4.78 is 32.2. The highest BCUT2D eigenvalue weighted by Gasteiger charge is 2.64. The van der Waals surface area contributed by atoms with Gasteiger partial charge in [0.2, 0.25) is 17.4 Å². The number of methoxy groups -OCH3 is 1. The van der Waals surface area contributed by atoms with Crippen molar-refractivity contribution in [3.05, 3.63) is 23.1 Å². The highest BCUT2D eigenvalue weighted by Crippen LogP contribution is 2.49. The number of aryl methyl sites for hydroxylation is 1. The summed E-state index contributed by atoms with van der Waals surface area (Å²) in [4.78, 5) is 39.9. The van der Waals surface area contributed by atoms with Crippen LogP contribution in [0.25, 0.3) is 11.0 Å². The van der Waals surface area contributed by atoms with E-state index in [9.17, 15) is 14.4 Å². The monoisotopic (exact) mass is 432 g/mol. The first kappa shape index (κ1) is 19.9. The third-order valence-electron chi connectivity index (χ3n) is 6.34. The number of hydrogen-bond donors (Lipinski definition) is 2. The zero-order valence-corrected chi connectivity index (χ0v) is 17.2. The molecule has 2 fully saturated rings. The minimum Gasteiger partial charge on any atom is -0.382 e. The number of halogens is 1. The third-order valence-corrected chi connectivity index (χ3v) is 6.34. The number of hydrogen-bond acceptors (Lipinski definition) is 8. The quantitative estimate of drug-likeness (QED) is 0.668. The Labute approximate surface area is 176 Å². The van der Waals surface area contributed by atoms with Gasteiger partial charge >= 0.3 is 6.03 Å². The first-order valence-electron chi connectivity index (χ1n) is 9.93. The number of nitrogens with zero attached hydrogens (tertiary/aromatic N) is 2. The van der Waals surface area contributed by atoms with Crippen molar-refractivity contribution in [3.8, 4) is 0 Å². The SMILES string of the molecule is COC[C@H]1O[C@@H](C)CN2c3c(cc4c(C)noc4c3F)CC3(C(=O)NC(=O)NC3=O)[C@H]12. The van der Waals surface area contributed by atoms with Crippen molar-refractivity contribution in [2.45, 2.75) is 38.5 Å². The van der Waals surface area contributed by atoms with Crippen LogP contribution in [0.3, 0.4) is 0 Å². The maximum atomic E-state index is 15.7. The lowest BCUT2D eigenvalue weighted by atomic mass is 9.66. The maximum Gasteiger partial charge on any atom is 0.328 e. The number of aromatic nitrogens is 1. The summed E-state index contributed by atoms with van der Waals surface area (Å²) in [6.45, 7) is 3.80. The predicted octanol–water partition coefficient (Wildman–Crippen LogP) is 0.793. The lowest BCUT2D eigenvalue weighted by Crippen LogP contribution is -2.76. The van der Waals surface area contributed by atoms with E-state index in [1.54, 1.807) is 17.9 Å². The number of amides is 4. The molecular formula is C20H21FN4O6. The molecule has 31 heavy (non-hydrogen) atoms. The van der Waals surface area contributed by atoms with Crippen LogP contribution >= 0.6 is 0 Å². The Kier molecular flexibility index (Phi) is 4.31. The van der Waals surface area contributed by atoms with Crippen molar-refractivity contribution in [1.82, 2.24) is 15.8 Å². The van der Waals surface area contributed by atoms with Gasteiger partial charge in [-0.05, 0) is 25.5 Å². The number of rotatable bonds is 2. The molecule has 3 aliphatic heterocycles. The highest BCUT2D eigenvalue weighted by atomic mass is 19.1. The van der Waals surface area contributed by atoms with Crippen LogP contribution in [0.1, 0.15) is 18.2 Å². The lowest BCUT2D eigenvalue weighted by Gasteiger charge is -2.55. The Balaban J connectivity index is 1.78. The van der Waals surface area contributed by atoms with Crippen LogP contribution in [0, 0.1) is 18.2 Å². The molecule has 0 aliphatic carbocycles. The second-order valence-corrected chi connectivity index (χ2v) is 8.27. The smallest absolute Gasteiger partial charge is 0.328 e. The molecule has 164 valence electrons. The number of benzene rings is 1. The number of imide groups is 2. The van der Waals surface area contributed by atoms with Crippen molar-refractivity contribution in [3.63, 3.8) is 0 Å². The summed E-state index contributed by atoms with van der Waals surface area (Å²) >= 11 is 0. The normalized spacial score (nSPS) is 27.2.